The van der Waals surface area contributed by atoms with E-state index >= 15 is 0 Å². The van der Waals surface area contributed by atoms with Crippen molar-refractivity contribution in [3.8, 4) is 11.8 Å². The Labute approximate surface area is 91.6 Å². The molecule has 0 fully saturated rings. The molecule has 0 radical (unpaired) electrons. The first-order valence-corrected chi connectivity index (χ1v) is 4.60. The van der Waals surface area contributed by atoms with Crippen molar-refractivity contribution < 1.29 is 13.2 Å². The molecule has 1 atom stereocenters. The molecule has 3 N–H and O–H groups in total. The molecular weight excluding hydrogens is 217 g/mol. The lowest BCUT2D eigenvalue weighted by atomic mass is 10.0. The predicted molar refractivity (Wildman–Crippen MR) is 54.4 cm³/mol. The van der Waals surface area contributed by atoms with Gasteiger partial charge in [0.2, 0.25) is 0 Å². The van der Waals surface area contributed by atoms with Gasteiger partial charge in [-0.3, -0.25) is 11.3 Å². The number of hydrogen-bond donors (Lipinski definition) is 2. The molecule has 0 saturated heterocycles. The molecule has 0 aliphatic carbocycles. The minimum Gasteiger partial charge on any atom is -0.271 e. The van der Waals surface area contributed by atoms with E-state index in [0.29, 0.717) is 0 Å². The van der Waals surface area contributed by atoms with Crippen molar-refractivity contribution in [3.05, 3.63) is 35.1 Å². The van der Waals surface area contributed by atoms with Gasteiger partial charge in [-0.25, -0.2) is 13.2 Å². The summed E-state index contributed by atoms with van der Waals surface area (Å²) < 4.78 is 38.6. The Morgan fingerprint density at radius 2 is 1.88 bits per heavy atom. The Morgan fingerprint density at radius 1 is 1.31 bits per heavy atom. The van der Waals surface area contributed by atoms with Crippen molar-refractivity contribution in [2.75, 3.05) is 0 Å². The third-order valence-electron chi connectivity index (χ3n) is 2.09. The van der Waals surface area contributed by atoms with Crippen LogP contribution < -0.4 is 11.3 Å². The van der Waals surface area contributed by atoms with Gasteiger partial charge in [-0.15, -0.1) is 11.8 Å². The normalized spacial score (nSPS) is 11.8. The summed E-state index contributed by atoms with van der Waals surface area (Å²) in [5.41, 5.74) is 2.59. The first-order valence-electron chi connectivity index (χ1n) is 4.60. The number of halogens is 3. The molecule has 0 heterocycles. The largest absolute Gasteiger partial charge is 0.271 e. The molecule has 1 aromatic rings. The fraction of sp³-hybridized carbons (Fsp3) is 0.273. The first-order chi connectivity index (χ1) is 7.60. The van der Waals surface area contributed by atoms with Crippen LogP contribution in [0.25, 0.3) is 0 Å². The van der Waals surface area contributed by atoms with Gasteiger partial charge >= 0.3 is 0 Å². The molecular formula is C11H11F3N2. The third-order valence-corrected chi connectivity index (χ3v) is 2.09. The summed E-state index contributed by atoms with van der Waals surface area (Å²) in [5, 5.41) is 0. The second-order valence-corrected chi connectivity index (χ2v) is 3.15. The zero-order valence-corrected chi connectivity index (χ0v) is 8.65. The number of rotatable bonds is 3. The monoisotopic (exact) mass is 228 g/mol. The topological polar surface area (TPSA) is 38.0 Å². The SMILES string of the molecule is CC#CCC(NN)c1cc(F)c(F)c(F)c1. The average molecular weight is 228 g/mol. The smallest absolute Gasteiger partial charge is 0.194 e. The van der Waals surface area contributed by atoms with Gasteiger partial charge in [0.25, 0.3) is 0 Å². The first kappa shape index (κ1) is 12.6. The number of benzene rings is 1. The molecule has 1 aromatic carbocycles. The minimum absolute atomic E-state index is 0.224. The predicted octanol–water partition coefficient (Wildman–Crippen LogP) is 2.02. The summed E-state index contributed by atoms with van der Waals surface area (Å²) in [4.78, 5) is 0. The molecule has 0 spiro atoms. The van der Waals surface area contributed by atoms with E-state index in [4.69, 9.17) is 5.84 Å². The standard InChI is InChI=1S/C11H11F3N2/c1-2-3-4-10(16-15)7-5-8(12)11(14)9(13)6-7/h5-6,10,16H,4,15H2,1H3. The van der Waals surface area contributed by atoms with E-state index in [2.05, 4.69) is 17.3 Å². The minimum atomic E-state index is -1.49. The van der Waals surface area contributed by atoms with E-state index in [9.17, 15) is 13.2 Å². The van der Waals surface area contributed by atoms with Crippen LogP contribution in [0, 0.1) is 29.3 Å². The van der Waals surface area contributed by atoms with Gasteiger partial charge in [0.1, 0.15) is 0 Å². The van der Waals surface area contributed by atoms with Crippen LogP contribution in [0.4, 0.5) is 13.2 Å². The van der Waals surface area contributed by atoms with E-state index in [1.165, 1.54) is 0 Å². The van der Waals surface area contributed by atoms with Gasteiger partial charge in [-0.1, -0.05) is 0 Å². The van der Waals surface area contributed by atoms with Gasteiger partial charge in [-0.05, 0) is 24.6 Å². The fourth-order valence-corrected chi connectivity index (χ4v) is 1.25. The van der Waals surface area contributed by atoms with E-state index in [0.717, 1.165) is 12.1 Å². The van der Waals surface area contributed by atoms with Gasteiger partial charge < -0.3 is 0 Å². The van der Waals surface area contributed by atoms with E-state index in [1.54, 1.807) is 6.92 Å². The maximum absolute atomic E-state index is 12.9. The zero-order chi connectivity index (χ0) is 12.1. The Morgan fingerprint density at radius 3 is 2.31 bits per heavy atom. The lowest BCUT2D eigenvalue weighted by molar-refractivity contribution is 0.440. The molecule has 16 heavy (non-hydrogen) atoms. The summed E-state index contributed by atoms with van der Waals surface area (Å²) >= 11 is 0. The van der Waals surface area contributed by atoms with Crippen molar-refractivity contribution in [1.82, 2.24) is 5.43 Å². The summed E-state index contributed by atoms with van der Waals surface area (Å²) in [7, 11) is 0. The lowest BCUT2D eigenvalue weighted by Crippen LogP contribution is -2.28. The molecule has 0 aliphatic rings. The van der Waals surface area contributed by atoms with Crippen LogP contribution in [0.5, 0.6) is 0 Å². The molecule has 5 heteroatoms. The Balaban J connectivity index is 3.04. The molecule has 0 amide bonds. The molecule has 0 aliphatic heterocycles. The highest BCUT2D eigenvalue weighted by molar-refractivity contribution is 5.24. The highest BCUT2D eigenvalue weighted by atomic mass is 19.2. The highest BCUT2D eigenvalue weighted by Crippen LogP contribution is 2.20. The van der Waals surface area contributed by atoms with Crippen molar-refractivity contribution in [3.63, 3.8) is 0 Å². The van der Waals surface area contributed by atoms with Crippen molar-refractivity contribution in [2.24, 2.45) is 5.84 Å². The van der Waals surface area contributed by atoms with Crippen LogP contribution in [-0.2, 0) is 0 Å². The van der Waals surface area contributed by atoms with E-state index in [1.807, 2.05) is 0 Å². The third kappa shape index (κ3) is 2.75. The van der Waals surface area contributed by atoms with Crippen molar-refractivity contribution in [2.45, 2.75) is 19.4 Å². The summed E-state index contributed by atoms with van der Waals surface area (Å²) in [6.07, 6.45) is 0.289. The molecule has 86 valence electrons. The lowest BCUT2D eigenvalue weighted by Gasteiger charge is -2.13. The van der Waals surface area contributed by atoms with Gasteiger partial charge in [0.15, 0.2) is 17.5 Å². The molecule has 1 rings (SSSR count). The average Bonchev–Trinajstić information content (AvgIpc) is 2.26. The Kier molecular flexibility index (Phi) is 4.35. The van der Waals surface area contributed by atoms with Crippen LogP contribution in [0.1, 0.15) is 24.9 Å². The Hall–Kier alpha value is -1.51. The van der Waals surface area contributed by atoms with Gasteiger partial charge in [0.05, 0.1) is 6.04 Å². The van der Waals surface area contributed by atoms with Crippen LogP contribution in [-0.4, -0.2) is 0 Å². The fourth-order valence-electron chi connectivity index (χ4n) is 1.25. The summed E-state index contributed by atoms with van der Waals surface area (Å²) in [6, 6.07) is 1.28. The molecule has 2 nitrogen and oxygen atoms in total. The van der Waals surface area contributed by atoms with Crippen LogP contribution in [0.3, 0.4) is 0 Å². The second kappa shape index (κ2) is 5.54. The highest BCUT2D eigenvalue weighted by Gasteiger charge is 2.15. The molecule has 0 saturated carbocycles. The quantitative estimate of drug-likeness (QED) is 0.359. The molecule has 0 bridgehead atoms. The number of hydrogen-bond acceptors (Lipinski definition) is 2. The molecule has 0 aromatic heterocycles. The number of hydrazine groups is 1. The Bertz CT molecular complexity index is 412. The van der Waals surface area contributed by atoms with Gasteiger partial charge in [0, 0.05) is 6.42 Å². The van der Waals surface area contributed by atoms with Crippen molar-refractivity contribution in [1.29, 1.82) is 0 Å². The van der Waals surface area contributed by atoms with Crippen LogP contribution >= 0.6 is 0 Å². The maximum atomic E-state index is 12.9. The van der Waals surface area contributed by atoms with E-state index < -0.39 is 23.5 Å². The summed E-state index contributed by atoms with van der Waals surface area (Å²) in [5.74, 6) is 6.63. The van der Waals surface area contributed by atoms with E-state index in [-0.39, 0.29) is 12.0 Å². The van der Waals surface area contributed by atoms with Crippen molar-refractivity contribution >= 4 is 0 Å². The number of nitrogens with two attached hydrogens (primary N) is 1. The second-order valence-electron chi connectivity index (χ2n) is 3.15. The zero-order valence-electron chi connectivity index (χ0n) is 8.65. The van der Waals surface area contributed by atoms with Gasteiger partial charge in [-0.2, -0.15) is 0 Å². The number of nitrogens with one attached hydrogen (secondary N) is 1. The maximum Gasteiger partial charge on any atom is 0.194 e. The van der Waals surface area contributed by atoms with Crippen LogP contribution in [0.2, 0.25) is 0 Å². The van der Waals surface area contributed by atoms with Crippen LogP contribution in [0.15, 0.2) is 12.1 Å². The molecule has 1 unspecified atom stereocenters. The summed E-state index contributed by atoms with van der Waals surface area (Å²) in [6.45, 7) is 1.64.